The monoisotopic (exact) mass is 418 g/mol. The van der Waals surface area contributed by atoms with Crippen molar-refractivity contribution in [2.24, 2.45) is 0 Å². The van der Waals surface area contributed by atoms with E-state index in [9.17, 15) is 4.79 Å². The van der Waals surface area contributed by atoms with E-state index in [2.05, 4.69) is 36.3 Å². The molecule has 1 aliphatic rings. The molecule has 0 aliphatic carbocycles. The van der Waals surface area contributed by atoms with Gasteiger partial charge in [-0.2, -0.15) is 0 Å². The van der Waals surface area contributed by atoms with Crippen molar-refractivity contribution >= 4 is 22.6 Å². The smallest absolute Gasteiger partial charge is 0.247 e. The molecule has 1 aromatic heterocycles. The molecule has 2 aromatic carbocycles. The topological polar surface area (TPSA) is 41.4 Å². The number of rotatable bonds is 6. The number of para-hydroxylation sites is 3. The molecule has 1 saturated heterocycles. The maximum Gasteiger partial charge on any atom is 0.247 e. The molecule has 0 bridgehead atoms. The minimum atomic E-state index is 0.0798. The van der Waals surface area contributed by atoms with E-state index in [0.717, 1.165) is 35.6 Å². The van der Waals surface area contributed by atoms with Gasteiger partial charge < -0.3 is 9.47 Å². The van der Waals surface area contributed by atoms with Gasteiger partial charge in [-0.05, 0) is 71.0 Å². The molecule has 164 valence electrons. The number of likely N-dealkylation sites (tertiary alicyclic amines) is 1. The van der Waals surface area contributed by atoms with E-state index in [-0.39, 0.29) is 18.0 Å². The molecule has 1 atom stereocenters. The number of amides is 1. The van der Waals surface area contributed by atoms with Gasteiger partial charge in [0.2, 0.25) is 5.91 Å². The molecule has 1 aliphatic heterocycles. The van der Waals surface area contributed by atoms with Gasteiger partial charge in [-0.3, -0.25) is 9.69 Å². The summed E-state index contributed by atoms with van der Waals surface area (Å²) in [5, 5.41) is 0. The second-order valence-electron chi connectivity index (χ2n) is 8.86. The predicted molar refractivity (Wildman–Crippen MR) is 127 cm³/mol. The highest BCUT2D eigenvalue weighted by atomic mass is 16.2. The van der Waals surface area contributed by atoms with E-state index in [4.69, 9.17) is 4.98 Å². The Hall–Kier alpha value is -2.66. The summed E-state index contributed by atoms with van der Waals surface area (Å²) in [6, 6.07) is 18.4. The van der Waals surface area contributed by atoms with Crippen LogP contribution in [0.25, 0.3) is 11.0 Å². The van der Waals surface area contributed by atoms with Crippen LogP contribution in [0.1, 0.15) is 58.3 Å². The van der Waals surface area contributed by atoms with Crippen LogP contribution in [0.2, 0.25) is 0 Å². The first-order chi connectivity index (χ1) is 15.1. The number of carbonyl (C=O) groups excluding carboxylic acids is 1. The van der Waals surface area contributed by atoms with Crippen molar-refractivity contribution in [1.29, 1.82) is 0 Å². The maximum absolute atomic E-state index is 13.6. The van der Waals surface area contributed by atoms with Crippen molar-refractivity contribution in [2.45, 2.75) is 65.1 Å². The standard InChI is InChI=1S/C26H34N4O/c1-20(2)30(22-13-7-6-8-14-22)25(31)19-29-24-16-10-9-15-23(24)27-26(29)21(3)28-17-11-4-5-12-18-28/h6-10,13-16,20-21H,4-5,11-12,17-19H2,1-3H3. The van der Waals surface area contributed by atoms with Gasteiger partial charge in [0.15, 0.2) is 0 Å². The lowest BCUT2D eigenvalue weighted by Gasteiger charge is -2.30. The van der Waals surface area contributed by atoms with Crippen LogP contribution in [-0.2, 0) is 11.3 Å². The van der Waals surface area contributed by atoms with Gasteiger partial charge in [0.25, 0.3) is 0 Å². The lowest BCUT2D eigenvalue weighted by atomic mass is 10.2. The minimum Gasteiger partial charge on any atom is -0.317 e. The highest BCUT2D eigenvalue weighted by molar-refractivity contribution is 5.94. The largest absolute Gasteiger partial charge is 0.317 e. The zero-order valence-electron chi connectivity index (χ0n) is 19.0. The highest BCUT2D eigenvalue weighted by Gasteiger charge is 2.26. The predicted octanol–water partition coefficient (Wildman–Crippen LogP) is 5.41. The molecule has 0 spiro atoms. The lowest BCUT2D eigenvalue weighted by molar-refractivity contribution is -0.119. The van der Waals surface area contributed by atoms with Crippen molar-refractivity contribution in [3.63, 3.8) is 0 Å². The Morgan fingerprint density at radius 3 is 2.26 bits per heavy atom. The fraction of sp³-hybridized carbons (Fsp3) is 0.462. The second kappa shape index (κ2) is 9.65. The minimum absolute atomic E-state index is 0.0798. The van der Waals surface area contributed by atoms with Crippen LogP contribution in [0.15, 0.2) is 54.6 Å². The Morgan fingerprint density at radius 1 is 0.935 bits per heavy atom. The molecule has 5 heteroatoms. The summed E-state index contributed by atoms with van der Waals surface area (Å²) in [5.74, 6) is 1.09. The van der Waals surface area contributed by atoms with Gasteiger partial charge in [-0.1, -0.05) is 43.2 Å². The molecular formula is C26H34N4O. The summed E-state index contributed by atoms with van der Waals surface area (Å²) < 4.78 is 2.14. The summed E-state index contributed by atoms with van der Waals surface area (Å²) in [7, 11) is 0. The fourth-order valence-corrected chi connectivity index (χ4v) is 4.76. The van der Waals surface area contributed by atoms with Crippen molar-refractivity contribution in [1.82, 2.24) is 14.5 Å². The number of aromatic nitrogens is 2. The normalized spacial score (nSPS) is 16.4. The molecule has 0 saturated carbocycles. The molecule has 0 radical (unpaired) electrons. The molecule has 2 heterocycles. The van der Waals surface area contributed by atoms with E-state index >= 15 is 0 Å². The van der Waals surface area contributed by atoms with Gasteiger partial charge >= 0.3 is 0 Å². The molecule has 0 N–H and O–H groups in total. The number of benzene rings is 2. The van der Waals surface area contributed by atoms with E-state index in [1.807, 2.05) is 53.4 Å². The first-order valence-electron chi connectivity index (χ1n) is 11.6. The van der Waals surface area contributed by atoms with Crippen molar-refractivity contribution in [2.75, 3.05) is 18.0 Å². The Bertz CT molecular complexity index is 1000. The fourth-order valence-electron chi connectivity index (χ4n) is 4.76. The number of hydrogen-bond donors (Lipinski definition) is 0. The van der Waals surface area contributed by atoms with Crippen LogP contribution in [-0.4, -0.2) is 39.5 Å². The first kappa shape index (κ1) is 21.6. The number of fused-ring (bicyclic) bond motifs is 1. The number of imidazole rings is 1. The number of carbonyl (C=O) groups is 1. The lowest BCUT2D eigenvalue weighted by Crippen LogP contribution is -2.40. The van der Waals surface area contributed by atoms with Crippen molar-refractivity contribution in [3.05, 3.63) is 60.4 Å². The molecule has 1 unspecified atom stereocenters. The Kier molecular flexibility index (Phi) is 6.71. The van der Waals surface area contributed by atoms with E-state index in [0.29, 0.717) is 6.54 Å². The summed E-state index contributed by atoms with van der Waals surface area (Å²) in [6.07, 6.45) is 5.08. The SMILES string of the molecule is CC(c1nc2ccccc2n1CC(=O)N(c1ccccc1)C(C)C)N1CCCCCC1. The van der Waals surface area contributed by atoms with Crippen molar-refractivity contribution in [3.8, 4) is 0 Å². The van der Waals surface area contributed by atoms with Gasteiger partial charge in [0.1, 0.15) is 12.4 Å². The number of anilines is 1. The van der Waals surface area contributed by atoms with E-state index < -0.39 is 0 Å². The first-order valence-corrected chi connectivity index (χ1v) is 11.6. The van der Waals surface area contributed by atoms with Gasteiger partial charge in [0.05, 0.1) is 17.1 Å². The van der Waals surface area contributed by atoms with Crippen LogP contribution < -0.4 is 4.90 Å². The molecule has 1 amide bonds. The van der Waals surface area contributed by atoms with E-state index in [1.54, 1.807) is 0 Å². The van der Waals surface area contributed by atoms with Crippen LogP contribution >= 0.6 is 0 Å². The zero-order chi connectivity index (χ0) is 21.8. The average Bonchev–Trinajstić information content (AvgIpc) is 2.94. The Balaban J connectivity index is 1.69. The summed E-state index contributed by atoms with van der Waals surface area (Å²) in [5.41, 5.74) is 2.93. The highest BCUT2D eigenvalue weighted by Crippen LogP contribution is 2.28. The molecule has 1 fully saturated rings. The molecular weight excluding hydrogens is 384 g/mol. The molecule has 31 heavy (non-hydrogen) atoms. The second-order valence-corrected chi connectivity index (χ2v) is 8.86. The van der Waals surface area contributed by atoms with Gasteiger partial charge in [-0.25, -0.2) is 4.98 Å². The third kappa shape index (κ3) is 4.67. The Labute approximate surface area is 185 Å². The van der Waals surface area contributed by atoms with Crippen LogP contribution in [0.4, 0.5) is 5.69 Å². The number of hydrogen-bond acceptors (Lipinski definition) is 3. The average molecular weight is 419 g/mol. The van der Waals surface area contributed by atoms with Gasteiger partial charge in [-0.15, -0.1) is 0 Å². The molecule has 3 aromatic rings. The van der Waals surface area contributed by atoms with Crippen molar-refractivity contribution < 1.29 is 4.79 Å². The third-order valence-electron chi connectivity index (χ3n) is 6.36. The quantitative estimate of drug-likeness (QED) is 0.537. The number of nitrogens with zero attached hydrogens (tertiary/aromatic N) is 4. The molecule has 5 nitrogen and oxygen atoms in total. The third-order valence-corrected chi connectivity index (χ3v) is 6.36. The Morgan fingerprint density at radius 2 is 1.58 bits per heavy atom. The summed E-state index contributed by atoms with van der Waals surface area (Å²) in [4.78, 5) is 23.0. The summed E-state index contributed by atoms with van der Waals surface area (Å²) >= 11 is 0. The summed E-state index contributed by atoms with van der Waals surface area (Å²) in [6.45, 7) is 8.86. The van der Waals surface area contributed by atoms with Crippen LogP contribution in [0.5, 0.6) is 0 Å². The zero-order valence-corrected chi connectivity index (χ0v) is 19.0. The van der Waals surface area contributed by atoms with Crippen LogP contribution in [0.3, 0.4) is 0 Å². The van der Waals surface area contributed by atoms with Gasteiger partial charge in [0, 0.05) is 11.7 Å². The molecule has 4 rings (SSSR count). The van der Waals surface area contributed by atoms with Crippen LogP contribution in [0, 0.1) is 0 Å². The van der Waals surface area contributed by atoms with E-state index in [1.165, 1.54) is 25.7 Å². The maximum atomic E-state index is 13.6.